The third-order valence-corrected chi connectivity index (χ3v) is 4.84. The Morgan fingerprint density at radius 3 is 2.45 bits per heavy atom. The number of carbonyl (C=O) groups excluding carboxylic acids is 1. The highest BCUT2D eigenvalue weighted by molar-refractivity contribution is 5.84. The van der Waals surface area contributed by atoms with Crippen LogP contribution < -0.4 is 11.1 Å². The second-order valence-corrected chi connectivity index (χ2v) is 6.75. The van der Waals surface area contributed by atoms with Crippen LogP contribution >= 0.6 is 0 Å². The zero-order chi connectivity index (χ0) is 15.2. The van der Waals surface area contributed by atoms with Gasteiger partial charge in [-0.25, -0.2) is 0 Å². The number of nitrogens with two attached hydrogens (primary N) is 1. The van der Waals surface area contributed by atoms with Crippen molar-refractivity contribution >= 4 is 5.91 Å². The van der Waals surface area contributed by atoms with Crippen molar-refractivity contribution in [3.8, 4) is 0 Å². The van der Waals surface area contributed by atoms with E-state index in [2.05, 4.69) is 24.1 Å². The van der Waals surface area contributed by atoms with Crippen LogP contribution in [0.5, 0.6) is 0 Å². The summed E-state index contributed by atoms with van der Waals surface area (Å²) in [7, 11) is 0. The highest BCUT2D eigenvalue weighted by atomic mass is 16.1. The highest BCUT2D eigenvalue weighted by Gasteiger charge is 2.29. The largest absolute Gasteiger partial charge is 0.368 e. The lowest BCUT2D eigenvalue weighted by atomic mass is 9.86. The van der Waals surface area contributed by atoms with E-state index in [9.17, 15) is 4.79 Å². The summed E-state index contributed by atoms with van der Waals surface area (Å²) >= 11 is 0. The van der Waals surface area contributed by atoms with Gasteiger partial charge in [-0.05, 0) is 70.6 Å². The van der Waals surface area contributed by atoms with Crippen molar-refractivity contribution in [2.45, 2.75) is 58.9 Å². The van der Waals surface area contributed by atoms with Gasteiger partial charge in [-0.1, -0.05) is 20.8 Å². The van der Waals surface area contributed by atoms with Crippen molar-refractivity contribution in [2.75, 3.05) is 26.2 Å². The monoisotopic (exact) mass is 283 g/mol. The second kappa shape index (κ2) is 7.99. The lowest BCUT2D eigenvalue weighted by Gasteiger charge is -2.34. The Hall–Kier alpha value is -0.610. The lowest BCUT2D eigenvalue weighted by Crippen LogP contribution is -2.53. The smallest absolute Gasteiger partial charge is 0.237 e. The van der Waals surface area contributed by atoms with Crippen molar-refractivity contribution in [3.05, 3.63) is 0 Å². The number of hydrogen-bond acceptors (Lipinski definition) is 3. The zero-order valence-corrected chi connectivity index (χ0v) is 13.7. The van der Waals surface area contributed by atoms with Gasteiger partial charge in [-0.2, -0.15) is 0 Å². The maximum absolute atomic E-state index is 11.6. The topological polar surface area (TPSA) is 58.4 Å². The third-order valence-electron chi connectivity index (χ3n) is 4.84. The van der Waals surface area contributed by atoms with Gasteiger partial charge in [-0.15, -0.1) is 0 Å². The molecule has 20 heavy (non-hydrogen) atoms. The molecule has 1 aliphatic rings. The molecule has 0 aromatic rings. The predicted molar refractivity (Wildman–Crippen MR) is 84.5 cm³/mol. The Morgan fingerprint density at radius 2 is 2.00 bits per heavy atom. The van der Waals surface area contributed by atoms with Gasteiger partial charge >= 0.3 is 0 Å². The van der Waals surface area contributed by atoms with E-state index in [1.165, 1.54) is 25.9 Å². The summed E-state index contributed by atoms with van der Waals surface area (Å²) in [6.07, 6.45) is 4.48. The molecule has 1 rings (SSSR count). The number of nitrogens with zero attached hydrogens (tertiary/aromatic N) is 1. The number of piperidine rings is 1. The molecule has 118 valence electrons. The molecular formula is C16H33N3O. The van der Waals surface area contributed by atoms with Crippen molar-refractivity contribution < 1.29 is 4.79 Å². The normalized spacial score (nSPS) is 21.1. The molecule has 0 saturated carbocycles. The molecule has 1 unspecified atom stereocenters. The molecule has 0 aromatic carbocycles. The molecule has 0 aromatic heterocycles. The fraction of sp³-hybridized carbons (Fsp3) is 0.938. The summed E-state index contributed by atoms with van der Waals surface area (Å²) < 4.78 is 0. The Morgan fingerprint density at radius 1 is 1.40 bits per heavy atom. The fourth-order valence-corrected chi connectivity index (χ4v) is 3.19. The van der Waals surface area contributed by atoms with E-state index in [1.54, 1.807) is 0 Å². The van der Waals surface area contributed by atoms with E-state index < -0.39 is 5.54 Å². The van der Waals surface area contributed by atoms with Gasteiger partial charge in [0.15, 0.2) is 0 Å². The first-order valence-corrected chi connectivity index (χ1v) is 8.16. The Balaban J connectivity index is 2.29. The summed E-state index contributed by atoms with van der Waals surface area (Å²) in [5, 5.41) is 3.23. The van der Waals surface area contributed by atoms with Crippen LogP contribution in [0.15, 0.2) is 0 Å². The molecule has 4 nitrogen and oxygen atoms in total. The van der Waals surface area contributed by atoms with Crippen LogP contribution in [0.25, 0.3) is 0 Å². The van der Waals surface area contributed by atoms with E-state index in [-0.39, 0.29) is 5.91 Å². The van der Waals surface area contributed by atoms with Gasteiger partial charge in [0.1, 0.15) is 0 Å². The molecule has 0 radical (unpaired) electrons. The number of rotatable bonds is 8. The van der Waals surface area contributed by atoms with Gasteiger partial charge in [-0.3, -0.25) is 4.79 Å². The molecule has 1 aliphatic heterocycles. The number of likely N-dealkylation sites (tertiary alicyclic amines) is 1. The van der Waals surface area contributed by atoms with Crippen molar-refractivity contribution in [3.63, 3.8) is 0 Å². The molecule has 1 saturated heterocycles. The van der Waals surface area contributed by atoms with Crippen LogP contribution in [0.1, 0.15) is 53.4 Å². The number of hydrogen-bond donors (Lipinski definition) is 2. The molecule has 0 bridgehead atoms. The van der Waals surface area contributed by atoms with Crippen LogP contribution in [0.2, 0.25) is 0 Å². The van der Waals surface area contributed by atoms with Crippen LogP contribution in [0.4, 0.5) is 0 Å². The molecule has 0 spiro atoms. The first kappa shape index (κ1) is 17.4. The molecule has 1 fully saturated rings. The maximum Gasteiger partial charge on any atom is 0.237 e. The zero-order valence-electron chi connectivity index (χ0n) is 13.7. The average molecular weight is 283 g/mol. The van der Waals surface area contributed by atoms with Gasteiger partial charge < -0.3 is 16.0 Å². The minimum absolute atomic E-state index is 0.238. The molecule has 0 aliphatic carbocycles. The minimum atomic E-state index is -0.551. The quantitative estimate of drug-likeness (QED) is 0.716. The molecule has 1 heterocycles. The first-order valence-electron chi connectivity index (χ1n) is 8.16. The number of carbonyl (C=O) groups is 1. The number of likely N-dealkylation sites (N-methyl/N-ethyl adjacent to an activating group) is 1. The molecule has 4 heteroatoms. The van der Waals surface area contributed by atoms with E-state index >= 15 is 0 Å². The van der Waals surface area contributed by atoms with E-state index in [4.69, 9.17) is 5.73 Å². The van der Waals surface area contributed by atoms with Crippen LogP contribution in [-0.2, 0) is 4.79 Å². The van der Waals surface area contributed by atoms with Crippen LogP contribution in [0, 0.1) is 11.8 Å². The minimum Gasteiger partial charge on any atom is -0.368 e. The second-order valence-electron chi connectivity index (χ2n) is 6.75. The Bertz CT molecular complexity index is 298. The summed E-state index contributed by atoms with van der Waals surface area (Å²) in [5.74, 6) is 1.46. The summed E-state index contributed by atoms with van der Waals surface area (Å²) in [6, 6.07) is 0. The Kier molecular flexibility index (Phi) is 6.96. The summed E-state index contributed by atoms with van der Waals surface area (Å²) in [4.78, 5) is 14.1. The van der Waals surface area contributed by atoms with E-state index in [0.29, 0.717) is 0 Å². The molecule has 3 N–H and O–H groups in total. The highest BCUT2D eigenvalue weighted by Crippen LogP contribution is 2.24. The number of amides is 1. The summed E-state index contributed by atoms with van der Waals surface area (Å²) in [5.41, 5.74) is 4.96. The van der Waals surface area contributed by atoms with Crippen molar-refractivity contribution in [2.24, 2.45) is 17.6 Å². The average Bonchev–Trinajstić information content (AvgIpc) is 2.39. The van der Waals surface area contributed by atoms with E-state index in [1.807, 2.05) is 13.8 Å². The number of primary amides is 1. The predicted octanol–water partition coefficient (Wildman–Crippen LogP) is 1.99. The summed E-state index contributed by atoms with van der Waals surface area (Å²) in [6.45, 7) is 12.9. The first-order chi connectivity index (χ1) is 9.39. The molecular weight excluding hydrogens is 250 g/mol. The fourth-order valence-electron chi connectivity index (χ4n) is 3.19. The van der Waals surface area contributed by atoms with Gasteiger partial charge in [0.2, 0.25) is 5.91 Å². The van der Waals surface area contributed by atoms with Gasteiger partial charge in [0.05, 0.1) is 5.54 Å². The van der Waals surface area contributed by atoms with Gasteiger partial charge in [0, 0.05) is 0 Å². The van der Waals surface area contributed by atoms with E-state index in [0.717, 1.165) is 37.8 Å². The van der Waals surface area contributed by atoms with Crippen molar-refractivity contribution in [1.82, 2.24) is 10.2 Å². The van der Waals surface area contributed by atoms with Gasteiger partial charge in [0.25, 0.3) is 0 Å². The SMILES string of the molecule is CCNC(C)(CCCN1CCC(C(C)C)CC1)C(N)=O. The standard InChI is InChI=1S/C16H33N3O/c1-5-18-16(4,15(17)20)9-6-10-19-11-7-14(8-12-19)13(2)3/h13-14,18H,5-12H2,1-4H3,(H2,17,20). The molecule has 1 amide bonds. The lowest BCUT2D eigenvalue weighted by molar-refractivity contribution is -0.124. The van der Waals surface area contributed by atoms with Crippen molar-refractivity contribution in [1.29, 1.82) is 0 Å². The van der Waals surface area contributed by atoms with Crippen LogP contribution in [0.3, 0.4) is 0 Å². The maximum atomic E-state index is 11.6. The van der Waals surface area contributed by atoms with Crippen LogP contribution in [-0.4, -0.2) is 42.5 Å². The number of nitrogens with one attached hydrogen (secondary N) is 1. The molecule has 1 atom stereocenters. The third kappa shape index (κ3) is 5.06. The Labute approximate surface area is 124 Å².